The van der Waals surface area contributed by atoms with Crippen LogP contribution in [0.25, 0.3) is 0 Å². The molecule has 26 heavy (non-hydrogen) atoms. The van der Waals surface area contributed by atoms with Crippen molar-refractivity contribution in [2.75, 3.05) is 18.4 Å². The van der Waals surface area contributed by atoms with Gasteiger partial charge in [0.15, 0.2) is 0 Å². The Hall–Kier alpha value is -1.92. The van der Waals surface area contributed by atoms with Crippen molar-refractivity contribution in [3.63, 3.8) is 0 Å². The van der Waals surface area contributed by atoms with Gasteiger partial charge in [-0.3, -0.25) is 14.5 Å². The SMILES string of the molecule is NC(=O)C1CCCN(Cc2ccc(NC(=O)C3(N)CCCCC3)cc2)C1. The van der Waals surface area contributed by atoms with Crippen molar-refractivity contribution in [2.45, 2.75) is 57.0 Å². The average molecular weight is 358 g/mol. The van der Waals surface area contributed by atoms with Crippen LogP contribution in [0.4, 0.5) is 5.69 Å². The summed E-state index contributed by atoms with van der Waals surface area (Å²) in [6, 6.07) is 7.89. The Morgan fingerprint density at radius 3 is 2.46 bits per heavy atom. The van der Waals surface area contributed by atoms with Gasteiger partial charge in [-0.1, -0.05) is 31.4 Å². The summed E-state index contributed by atoms with van der Waals surface area (Å²) in [7, 11) is 0. The lowest BCUT2D eigenvalue weighted by Gasteiger charge is -2.32. The molecule has 142 valence electrons. The summed E-state index contributed by atoms with van der Waals surface area (Å²) in [6.45, 7) is 2.50. The molecule has 1 aliphatic carbocycles. The van der Waals surface area contributed by atoms with E-state index in [1.165, 1.54) is 0 Å². The number of amides is 2. The van der Waals surface area contributed by atoms with Crippen molar-refractivity contribution in [2.24, 2.45) is 17.4 Å². The van der Waals surface area contributed by atoms with Crippen LogP contribution in [-0.4, -0.2) is 35.3 Å². The first kappa shape index (κ1) is 18.9. The molecule has 1 atom stereocenters. The van der Waals surface area contributed by atoms with E-state index in [0.29, 0.717) is 0 Å². The van der Waals surface area contributed by atoms with Gasteiger partial charge in [0, 0.05) is 18.8 Å². The molecular weight excluding hydrogens is 328 g/mol. The Bertz CT molecular complexity index is 638. The first-order valence-corrected chi connectivity index (χ1v) is 9.67. The predicted molar refractivity (Wildman–Crippen MR) is 102 cm³/mol. The molecule has 0 radical (unpaired) electrons. The second-order valence-corrected chi connectivity index (χ2v) is 7.84. The summed E-state index contributed by atoms with van der Waals surface area (Å²) in [6.07, 6.45) is 6.60. The van der Waals surface area contributed by atoms with Gasteiger partial charge in [-0.05, 0) is 49.9 Å². The van der Waals surface area contributed by atoms with Gasteiger partial charge in [0.2, 0.25) is 11.8 Å². The molecular formula is C20H30N4O2. The number of nitrogens with zero attached hydrogens (tertiary/aromatic N) is 1. The number of carbonyl (C=O) groups is 2. The smallest absolute Gasteiger partial charge is 0.244 e. The minimum Gasteiger partial charge on any atom is -0.369 e. The lowest BCUT2D eigenvalue weighted by atomic mass is 9.82. The van der Waals surface area contributed by atoms with E-state index in [0.717, 1.165) is 75.8 Å². The van der Waals surface area contributed by atoms with Gasteiger partial charge in [-0.2, -0.15) is 0 Å². The van der Waals surface area contributed by atoms with Crippen LogP contribution >= 0.6 is 0 Å². The zero-order valence-corrected chi connectivity index (χ0v) is 15.4. The van der Waals surface area contributed by atoms with Crippen LogP contribution in [0, 0.1) is 5.92 Å². The molecule has 2 amide bonds. The van der Waals surface area contributed by atoms with E-state index in [1.54, 1.807) is 0 Å². The molecule has 0 spiro atoms. The van der Waals surface area contributed by atoms with Crippen molar-refractivity contribution in [3.05, 3.63) is 29.8 Å². The van der Waals surface area contributed by atoms with E-state index in [4.69, 9.17) is 11.5 Å². The molecule has 2 aliphatic rings. The standard InChI is InChI=1S/C20H30N4O2/c21-18(25)16-5-4-12-24(14-16)13-15-6-8-17(9-7-15)23-19(26)20(22)10-2-1-3-11-20/h6-9,16H,1-5,10-14,22H2,(H2,21,25)(H,23,26). The Morgan fingerprint density at radius 2 is 1.81 bits per heavy atom. The Balaban J connectivity index is 1.55. The third kappa shape index (κ3) is 4.62. The second-order valence-electron chi connectivity index (χ2n) is 7.84. The molecule has 6 nitrogen and oxygen atoms in total. The van der Waals surface area contributed by atoms with Crippen molar-refractivity contribution in [3.8, 4) is 0 Å². The number of hydrogen-bond donors (Lipinski definition) is 3. The normalized spacial score (nSPS) is 23.3. The maximum absolute atomic E-state index is 12.5. The maximum atomic E-state index is 12.5. The Morgan fingerprint density at radius 1 is 1.12 bits per heavy atom. The van der Waals surface area contributed by atoms with Crippen molar-refractivity contribution in [1.29, 1.82) is 0 Å². The number of primary amides is 1. The van der Waals surface area contributed by atoms with E-state index < -0.39 is 5.54 Å². The van der Waals surface area contributed by atoms with Gasteiger partial charge in [0.25, 0.3) is 0 Å². The molecule has 1 saturated heterocycles. The van der Waals surface area contributed by atoms with Crippen LogP contribution < -0.4 is 16.8 Å². The fraction of sp³-hybridized carbons (Fsp3) is 0.600. The lowest BCUT2D eigenvalue weighted by Crippen LogP contribution is -2.52. The molecule has 1 aromatic carbocycles. The number of nitrogens with two attached hydrogens (primary N) is 2. The zero-order chi connectivity index (χ0) is 18.6. The highest BCUT2D eigenvalue weighted by Gasteiger charge is 2.35. The highest BCUT2D eigenvalue weighted by atomic mass is 16.2. The first-order valence-electron chi connectivity index (χ1n) is 9.67. The number of anilines is 1. The number of nitrogens with one attached hydrogen (secondary N) is 1. The molecule has 1 saturated carbocycles. The average Bonchev–Trinajstić information content (AvgIpc) is 2.64. The van der Waals surface area contributed by atoms with Crippen molar-refractivity contribution in [1.82, 2.24) is 4.90 Å². The number of likely N-dealkylation sites (tertiary alicyclic amines) is 1. The van der Waals surface area contributed by atoms with Gasteiger partial charge < -0.3 is 16.8 Å². The number of piperidine rings is 1. The lowest BCUT2D eigenvalue weighted by molar-refractivity contribution is -0.123. The van der Waals surface area contributed by atoms with Crippen molar-refractivity contribution >= 4 is 17.5 Å². The second kappa shape index (κ2) is 8.18. The van der Waals surface area contributed by atoms with Gasteiger partial charge in [-0.15, -0.1) is 0 Å². The molecule has 3 rings (SSSR count). The molecule has 1 aliphatic heterocycles. The van der Waals surface area contributed by atoms with Crippen LogP contribution in [-0.2, 0) is 16.1 Å². The third-order valence-corrected chi connectivity index (χ3v) is 5.72. The van der Waals surface area contributed by atoms with Gasteiger partial charge in [-0.25, -0.2) is 0 Å². The van der Waals surface area contributed by atoms with E-state index in [9.17, 15) is 9.59 Å². The fourth-order valence-corrected chi connectivity index (χ4v) is 4.05. The third-order valence-electron chi connectivity index (χ3n) is 5.72. The topological polar surface area (TPSA) is 101 Å². The van der Waals surface area contributed by atoms with E-state index in [2.05, 4.69) is 10.2 Å². The summed E-state index contributed by atoms with van der Waals surface area (Å²) in [5.74, 6) is -0.324. The number of hydrogen-bond acceptors (Lipinski definition) is 4. The molecule has 2 fully saturated rings. The minimum atomic E-state index is -0.728. The molecule has 6 heteroatoms. The summed E-state index contributed by atoms with van der Waals surface area (Å²) in [5, 5.41) is 2.97. The van der Waals surface area contributed by atoms with Gasteiger partial charge in [0.05, 0.1) is 11.5 Å². The van der Waals surface area contributed by atoms with Gasteiger partial charge in [0.1, 0.15) is 0 Å². The molecule has 1 heterocycles. The van der Waals surface area contributed by atoms with Crippen LogP contribution in [0.1, 0.15) is 50.5 Å². The van der Waals surface area contributed by atoms with E-state index >= 15 is 0 Å². The Labute approximate surface area is 155 Å². The largest absolute Gasteiger partial charge is 0.369 e. The highest BCUT2D eigenvalue weighted by Crippen LogP contribution is 2.27. The summed E-state index contributed by atoms with van der Waals surface area (Å²) in [5.41, 5.74) is 12.9. The Kier molecular flexibility index (Phi) is 5.94. The number of carbonyl (C=O) groups excluding carboxylic acids is 2. The minimum absolute atomic E-state index is 0.0430. The highest BCUT2D eigenvalue weighted by molar-refractivity contribution is 5.98. The summed E-state index contributed by atoms with van der Waals surface area (Å²) < 4.78 is 0. The van der Waals surface area contributed by atoms with Crippen LogP contribution in [0.15, 0.2) is 24.3 Å². The van der Waals surface area contributed by atoms with Gasteiger partial charge >= 0.3 is 0 Å². The fourth-order valence-electron chi connectivity index (χ4n) is 4.05. The number of rotatable bonds is 5. The number of benzene rings is 1. The van der Waals surface area contributed by atoms with Crippen LogP contribution in [0.5, 0.6) is 0 Å². The molecule has 5 N–H and O–H groups in total. The summed E-state index contributed by atoms with van der Waals surface area (Å²) in [4.78, 5) is 26.2. The maximum Gasteiger partial charge on any atom is 0.244 e. The summed E-state index contributed by atoms with van der Waals surface area (Å²) >= 11 is 0. The molecule has 0 bridgehead atoms. The first-order chi connectivity index (χ1) is 12.5. The zero-order valence-electron chi connectivity index (χ0n) is 15.4. The van der Waals surface area contributed by atoms with E-state index in [1.807, 2.05) is 24.3 Å². The quantitative estimate of drug-likeness (QED) is 0.749. The monoisotopic (exact) mass is 358 g/mol. The van der Waals surface area contributed by atoms with Crippen LogP contribution in [0.2, 0.25) is 0 Å². The molecule has 0 aromatic heterocycles. The molecule has 1 aromatic rings. The van der Waals surface area contributed by atoms with E-state index in [-0.39, 0.29) is 17.7 Å². The van der Waals surface area contributed by atoms with Crippen molar-refractivity contribution < 1.29 is 9.59 Å². The predicted octanol–water partition coefficient (Wildman–Crippen LogP) is 1.98. The molecule has 1 unspecified atom stereocenters. The van der Waals surface area contributed by atoms with Crippen LogP contribution in [0.3, 0.4) is 0 Å².